The summed E-state index contributed by atoms with van der Waals surface area (Å²) < 4.78 is 36.6. The van der Waals surface area contributed by atoms with Crippen LogP contribution in [0.15, 0.2) is 18.2 Å². The van der Waals surface area contributed by atoms with Gasteiger partial charge in [0.2, 0.25) is 0 Å². The van der Waals surface area contributed by atoms with Gasteiger partial charge in [-0.1, -0.05) is 0 Å². The molecule has 0 radical (unpaired) electrons. The van der Waals surface area contributed by atoms with Crippen LogP contribution in [0.3, 0.4) is 0 Å². The summed E-state index contributed by atoms with van der Waals surface area (Å²) >= 11 is 0. The fourth-order valence-corrected chi connectivity index (χ4v) is 0.910. The minimum Gasteiger partial charge on any atom is -0.318 e. The van der Waals surface area contributed by atoms with Crippen molar-refractivity contribution in [1.29, 1.82) is 0 Å². The number of hydrogen-bond donors (Lipinski definition) is 1. The Morgan fingerprint density at radius 2 is 2.06 bits per heavy atom. The van der Waals surface area contributed by atoms with E-state index < -0.39 is 34.4 Å². The van der Waals surface area contributed by atoms with Gasteiger partial charge in [-0.05, 0) is 6.07 Å². The fraction of sp³-hybridized carbons (Fsp3) is 0.125. The second-order valence-corrected chi connectivity index (χ2v) is 2.71. The van der Waals surface area contributed by atoms with Crippen LogP contribution in [0.5, 0.6) is 0 Å². The zero-order chi connectivity index (χ0) is 12.3. The summed E-state index contributed by atoms with van der Waals surface area (Å²) in [4.78, 5) is 20.0. The number of nitrogens with zero attached hydrogens (tertiary/aromatic N) is 1. The number of amides is 1. The Labute approximate surface area is 87.0 Å². The van der Waals surface area contributed by atoms with Crippen molar-refractivity contribution in [2.24, 2.45) is 0 Å². The average Bonchev–Trinajstić information content (AvgIpc) is 2.20. The van der Waals surface area contributed by atoms with Gasteiger partial charge in [0.05, 0.1) is 10.6 Å². The highest BCUT2D eigenvalue weighted by molar-refractivity contribution is 5.93. The monoisotopic (exact) mass is 234 g/mol. The maximum Gasteiger partial charge on any atom is 0.315 e. The van der Waals surface area contributed by atoms with E-state index in [1.807, 2.05) is 0 Å². The van der Waals surface area contributed by atoms with E-state index in [0.29, 0.717) is 12.1 Å². The van der Waals surface area contributed by atoms with Crippen molar-refractivity contribution >= 4 is 17.3 Å². The van der Waals surface area contributed by atoms with Crippen LogP contribution in [0, 0.1) is 15.9 Å². The third kappa shape index (κ3) is 2.69. The van der Waals surface area contributed by atoms with E-state index in [4.69, 9.17) is 0 Å². The average molecular weight is 234 g/mol. The summed E-state index contributed by atoms with van der Waals surface area (Å²) in [6, 6.07) is 2.22. The number of alkyl halides is 2. The summed E-state index contributed by atoms with van der Waals surface area (Å²) in [7, 11) is 0. The first-order valence-corrected chi connectivity index (χ1v) is 3.95. The van der Waals surface area contributed by atoms with Crippen molar-refractivity contribution in [1.82, 2.24) is 0 Å². The number of anilines is 1. The molecule has 5 nitrogen and oxygen atoms in total. The lowest BCUT2D eigenvalue weighted by Crippen LogP contribution is -2.20. The van der Waals surface area contributed by atoms with Crippen LogP contribution in [0.4, 0.5) is 24.5 Å². The topological polar surface area (TPSA) is 72.2 Å². The Hall–Kier alpha value is -2.12. The molecule has 86 valence electrons. The molecule has 1 aromatic rings. The second kappa shape index (κ2) is 4.60. The van der Waals surface area contributed by atoms with Gasteiger partial charge in [-0.3, -0.25) is 14.9 Å². The van der Waals surface area contributed by atoms with Crippen LogP contribution in [0.1, 0.15) is 0 Å². The zero-order valence-corrected chi connectivity index (χ0v) is 7.62. The molecule has 0 aliphatic carbocycles. The van der Waals surface area contributed by atoms with Gasteiger partial charge in [-0.25, -0.2) is 4.39 Å². The van der Waals surface area contributed by atoms with Crippen LogP contribution in [0.2, 0.25) is 0 Å². The number of carbonyl (C=O) groups is 1. The lowest BCUT2D eigenvalue weighted by molar-refractivity contribution is -0.384. The van der Waals surface area contributed by atoms with E-state index in [1.54, 1.807) is 0 Å². The Morgan fingerprint density at radius 1 is 1.44 bits per heavy atom. The molecular weight excluding hydrogens is 229 g/mol. The van der Waals surface area contributed by atoms with Gasteiger partial charge in [0, 0.05) is 12.1 Å². The molecular formula is C8H5F3N2O3. The molecule has 0 fully saturated rings. The van der Waals surface area contributed by atoms with E-state index >= 15 is 0 Å². The fourth-order valence-electron chi connectivity index (χ4n) is 0.910. The van der Waals surface area contributed by atoms with Gasteiger partial charge in [-0.15, -0.1) is 0 Å². The predicted octanol–water partition coefficient (Wildman–Crippen LogP) is 1.94. The SMILES string of the molecule is O=C(Nc1cc([N+](=O)[O-])ccc1F)C(F)F. The number of non-ortho nitro benzene ring substituents is 1. The molecule has 0 saturated carbocycles. The van der Waals surface area contributed by atoms with E-state index in [1.165, 1.54) is 5.32 Å². The van der Waals surface area contributed by atoms with Gasteiger partial charge in [0.1, 0.15) is 5.82 Å². The molecule has 0 aromatic heterocycles. The van der Waals surface area contributed by atoms with Crippen molar-refractivity contribution < 1.29 is 22.9 Å². The molecule has 0 bridgehead atoms. The standard InChI is InChI=1S/C8H5F3N2O3/c9-5-2-1-4(13(15)16)3-6(5)12-8(14)7(10)11/h1-3,7H,(H,12,14). The normalized spacial score (nSPS) is 10.2. The van der Waals surface area contributed by atoms with Crippen LogP contribution in [-0.4, -0.2) is 17.3 Å². The minimum absolute atomic E-state index is 0.508. The molecule has 0 spiro atoms. The Balaban J connectivity index is 2.99. The van der Waals surface area contributed by atoms with Crippen molar-refractivity contribution in [2.45, 2.75) is 6.43 Å². The molecule has 0 unspecified atom stereocenters. The molecule has 16 heavy (non-hydrogen) atoms. The molecule has 1 N–H and O–H groups in total. The number of benzene rings is 1. The van der Waals surface area contributed by atoms with Gasteiger partial charge in [0.25, 0.3) is 11.6 Å². The highest BCUT2D eigenvalue weighted by Gasteiger charge is 2.18. The highest BCUT2D eigenvalue weighted by atomic mass is 19.3. The van der Waals surface area contributed by atoms with Crippen LogP contribution in [0.25, 0.3) is 0 Å². The summed E-state index contributed by atoms with van der Waals surface area (Å²) in [5.41, 5.74) is -1.16. The lowest BCUT2D eigenvalue weighted by Gasteiger charge is -2.04. The Morgan fingerprint density at radius 3 is 2.56 bits per heavy atom. The maximum atomic E-state index is 13.0. The number of carbonyl (C=O) groups excluding carboxylic acids is 1. The minimum atomic E-state index is -3.32. The van der Waals surface area contributed by atoms with Crippen LogP contribution in [-0.2, 0) is 4.79 Å². The van der Waals surface area contributed by atoms with Crippen molar-refractivity contribution in [3.05, 3.63) is 34.1 Å². The molecule has 1 rings (SSSR count). The second-order valence-electron chi connectivity index (χ2n) is 2.71. The summed E-state index contributed by atoms with van der Waals surface area (Å²) in [5, 5.41) is 11.8. The molecule has 0 saturated heterocycles. The summed E-state index contributed by atoms with van der Waals surface area (Å²) in [6.45, 7) is 0. The molecule has 0 heterocycles. The molecule has 0 aliphatic rings. The van der Waals surface area contributed by atoms with Gasteiger partial charge in [0.15, 0.2) is 0 Å². The molecule has 1 amide bonds. The third-order valence-corrected chi connectivity index (χ3v) is 1.62. The van der Waals surface area contributed by atoms with Crippen LogP contribution >= 0.6 is 0 Å². The quantitative estimate of drug-likeness (QED) is 0.641. The van der Waals surface area contributed by atoms with Crippen LogP contribution < -0.4 is 5.32 Å². The first-order chi connectivity index (χ1) is 7.41. The molecule has 8 heteroatoms. The Kier molecular flexibility index (Phi) is 3.44. The molecule has 1 aromatic carbocycles. The van der Waals surface area contributed by atoms with Gasteiger partial charge >= 0.3 is 6.43 Å². The van der Waals surface area contributed by atoms with Crippen molar-refractivity contribution in [2.75, 3.05) is 5.32 Å². The number of rotatable bonds is 3. The first-order valence-electron chi connectivity index (χ1n) is 3.95. The Bertz CT molecular complexity index is 437. The van der Waals surface area contributed by atoms with E-state index in [9.17, 15) is 28.1 Å². The van der Waals surface area contributed by atoms with E-state index in [2.05, 4.69) is 0 Å². The van der Waals surface area contributed by atoms with Crippen molar-refractivity contribution in [3.8, 4) is 0 Å². The highest BCUT2D eigenvalue weighted by Crippen LogP contribution is 2.21. The molecule has 0 atom stereocenters. The summed E-state index contributed by atoms with van der Waals surface area (Å²) in [6.07, 6.45) is -3.32. The molecule has 0 aliphatic heterocycles. The first kappa shape index (κ1) is 12.0. The number of nitro benzene ring substituents is 1. The largest absolute Gasteiger partial charge is 0.318 e. The lowest BCUT2D eigenvalue weighted by atomic mass is 10.2. The third-order valence-electron chi connectivity index (χ3n) is 1.62. The number of nitro groups is 1. The number of nitrogens with one attached hydrogen (secondary N) is 1. The summed E-state index contributed by atoms with van der Waals surface area (Å²) in [5.74, 6) is -2.75. The van der Waals surface area contributed by atoms with Gasteiger partial charge in [-0.2, -0.15) is 8.78 Å². The van der Waals surface area contributed by atoms with Gasteiger partial charge < -0.3 is 5.32 Å². The van der Waals surface area contributed by atoms with Crippen molar-refractivity contribution in [3.63, 3.8) is 0 Å². The van der Waals surface area contributed by atoms with E-state index in [0.717, 1.165) is 6.07 Å². The predicted molar refractivity (Wildman–Crippen MR) is 47.7 cm³/mol. The number of halogens is 3. The zero-order valence-electron chi connectivity index (χ0n) is 7.62. The van der Waals surface area contributed by atoms with E-state index in [-0.39, 0.29) is 0 Å². The number of hydrogen-bond acceptors (Lipinski definition) is 3. The maximum absolute atomic E-state index is 13.0. The smallest absolute Gasteiger partial charge is 0.315 e.